The first-order valence-corrected chi connectivity index (χ1v) is 12.2. The van der Waals surface area contributed by atoms with Gasteiger partial charge in [-0.1, -0.05) is 53.6 Å². The number of methoxy groups -OCH3 is 1. The molecule has 6 nitrogen and oxygen atoms in total. The molecule has 0 aliphatic carbocycles. The van der Waals surface area contributed by atoms with Gasteiger partial charge in [0.05, 0.1) is 23.7 Å². The maximum Gasteiger partial charge on any atom is 0.264 e. The third-order valence-electron chi connectivity index (χ3n) is 5.39. The van der Waals surface area contributed by atoms with E-state index in [9.17, 15) is 13.2 Å². The number of amides is 1. The molecular formula is C25H27ClN2O4S. The summed E-state index contributed by atoms with van der Waals surface area (Å²) in [6.45, 7) is 5.02. The van der Waals surface area contributed by atoms with Crippen LogP contribution in [0.5, 0.6) is 5.75 Å². The molecule has 0 spiro atoms. The van der Waals surface area contributed by atoms with Crippen molar-refractivity contribution in [2.75, 3.05) is 18.0 Å². The standard InChI is InChI=1S/C25H27ClN2O4S/c1-17-12-14-20(15-13-17)33(30,31)28(23-10-7-9-22(26)18(23)2)16-25(29)27-19(3)21-8-5-6-11-24(21)32-4/h5-15,19H,16H2,1-4H3,(H,27,29). The molecule has 1 N–H and O–H groups in total. The fraction of sp³-hybridized carbons (Fsp3) is 0.240. The van der Waals surface area contributed by atoms with Crippen LogP contribution >= 0.6 is 11.6 Å². The second-order valence-electron chi connectivity index (χ2n) is 7.74. The van der Waals surface area contributed by atoms with Crippen molar-refractivity contribution in [3.05, 3.63) is 88.4 Å². The number of sulfonamides is 1. The van der Waals surface area contributed by atoms with Crippen molar-refractivity contribution in [2.45, 2.75) is 31.7 Å². The smallest absolute Gasteiger partial charge is 0.264 e. The summed E-state index contributed by atoms with van der Waals surface area (Å²) in [6.07, 6.45) is 0. The normalized spacial score (nSPS) is 12.2. The van der Waals surface area contributed by atoms with Gasteiger partial charge in [-0.3, -0.25) is 9.10 Å². The SMILES string of the molecule is COc1ccccc1C(C)NC(=O)CN(c1cccc(Cl)c1C)S(=O)(=O)c1ccc(C)cc1. The van der Waals surface area contributed by atoms with Crippen LogP contribution in [0.4, 0.5) is 5.69 Å². The number of ether oxygens (including phenoxy) is 1. The molecule has 8 heteroatoms. The summed E-state index contributed by atoms with van der Waals surface area (Å²) in [5, 5.41) is 3.30. The van der Waals surface area contributed by atoms with Crippen LogP contribution in [0, 0.1) is 13.8 Å². The van der Waals surface area contributed by atoms with Crippen molar-refractivity contribution in [1.29, 1.82) is 0 Å². The number of para-hydroxylation sites is 1. The minimum atomic E-state index is -4.03. The van der Waals surface area contributed by atoms with Gasteiger partial charge in [-0.25, -0.2) is 8.42 Å². The molecule has 0 fully saturated rings. The Bertz CT molecular complexity index is 1240. The zero-order valence-corrected chi connectivity index (χ0v) is 20.6. The minimum Gasteiger partial charge on any atom is -0.496 e. The highest BCUT2D eigenvalue weighted by molar-refractivity contribution is 7.92. The summed E-state index contributed by atoms with van der Waals surface area (Å²) < 4.78 is 33.6. The quantitative estimate of drug-likeness (QED) is 0.484. The number of hydrogen-bond acceptors (Lipinski definition) is 4. The minimum absolute atomic E-state index is 0.0954. The summed E-state index contributed by atoms with van der Waals surface area (Å²) in [5.41, 5.74) is 2.65. The number of hydrogen-bond donors (Lipinski definition) is 1. The molecule has 3 aromatic carbocycles. The van der Waals surface area contributed by atoms with Crippen molar-refractivity contribution in [2.24, 2.45) is 0 Å². The third kappa shape index (κ3) is 5.49. The van der Waals surface area contributed by atoms with Crippen molar-refractivity contribution in [3.63, 3.8) is 0 Å². The molecular weight excluding hydrogens is 460 g/mol. The maximum atomic E-state index is 13.6. The Morgan fingerprint density at radius 2 is 1.70 bits per heavy atom. The molecule has 0 saturated carbocycles. The Balaban J connectivity index is 1.95. The third-order valence-corrected chi connectivity index (χ3v) is 7.57. The van der Waals surface area contributed by atoms with E-state index < -0.39 is 28.5 Å². The summed E-state index contributed by atoms with van der Waals surface area (Å²) in [7, 11) is -2.47. The molecule has 1 amide bonds. The molecule has 33 heavy (non-hydrogen) atoms. The van der Waals surface area contributed by atoms with E-state index in [1.165, 1.54) is 12.1 Å². The molecule has 0 heterocycles. The lowest BCUT2D eigenvalue weighted by Crippen LogP contribution is -2.42. The number of benzene rings is 3. The van der Waals surface area contributed by atoms with Gasteiger partial charge in [0.1, 0.15) is 12.3 Å². The van der Waals surface area contributed by atoms with Gasteiger partial charge in [-0.2, -0.15) is 0 Å². The number of nitrogens with zero attached hydrogens (tertiary/aromatic N) is 1. The summed E-state index contributed by atoms with van der Waals surface area (Å²) in [4.78, 5) is 13.1. The zero-order chi connectivity index (χ0) is 24.2. The van der Waals surface area contributed by atoms with E-state index in [1.807, 2.05) is 38.1 Å². The van der Waals surface area contributed by atoms with Gasteiger partial charge in [0.15, 0.2) is 0 Å². The van der Waals surface area contributed by atoms with Gasteiger partial charge in [0.25, 0.3) is 10.0 Å². The maximum absolute atomic E-state index is 13.6. The molecule has 0 aliphatic heterocycles. The molecule has 3 aromatic rings. The average molecular weight is 487 g/mol. The van der Waals surface area contributed by atoms with Gasteiger partial charge in [0.2, 0.25) is 5.91 Å². The zero-order valence-electron chi connectivity index (χ0n) is 19.0. The Kier molecular flexibility index (Phi) is 7.66. The van der Waals surface area contributed by atoms with Crippen LogP contribution in [0.3, 0.4) is 0 Å². The molecule has 0 radical (unpaired) electrons. The molecule has 3 rings (SSSR count). The van der Waals surface area contributed by atoms with Crippen LogP contribution < -0.4 is 14.4 Å². The van der Waals surface area contributed by atoms with Crippen LogP contribution in [-0.2, 0) is 14.8 Å². The van der Waals surface area contributed by atoms with E-state index in [0.29, 0.717) is 22.0 Å². The molecule has 1 atom stereocenters. The first-order chi connectivity index (χ1) is 15.6. The second-order valence-corrected chi connectivity index (χ2v) is 10.0. The van der Waals surface area contributed by atoms with E-state index in [-0.39, 0.29) is 4.90 Å². The van der Waals surface area contributed by atoms with Crippen LogP contribution in [0.2, 0.25) is 5.02 Å². The molecule has 0 bridgehead atoms. The van der Waals surface area contributed by atoms with Crippen molar-refractivity contribution < 1.29 is 17.9 Å². The van der Waals surface area contributed by atoms with Crippen molar-refractivity contribution in [3.8, 4) is 5.75 Å². The van der Waals surface area contributed by atoms with Crippen LogP contribution in [-0.4, -0.2) is 28.0 Å². The molecule has 174 valence electrons. The van der Waals surface area contributed by atoms with E-state index >= 15 is 0 Å². The summed E-state index contributed by atoms with van der Waals surface area (Å²) >= 11 is 6.27. The Morgan fingerprint density at radius 3 is 2.36 bits per heavy atom. The number of carbonyl (C=O) groups excluding carboxylic acids is 1. The highest BCUT2D eigenvalue weighted by Crippen LogP contribution is 2.31. The predicted molar refractivity (Wildman–Crippen MR) is 131 cm³/mol. The highest BCUT2D eigenvalue weighted by Gasteiger charge is 2.29. The number of anilines is 1. The lowest BCUT2D eigenvalue weighted by atomic mass is 10.1. The van der Waals surface area contributed by atoms with Gasteiger partial charge in [-0.05, 0) is 56.7 Å². The molecule has 0 saturated heterocycles. The second kappa shape index (κ2) is 10.3. The van der Waals surface area contributed by atoms with Crippen LogP contribution in [0.15, 0.2) is 71.6 Å². The van der Waals surface area contributed by atoms with Gasteiger partial charge in [-0.15, -0.1) is 0 Å². The lowest BCUT2D eigenvalue weighted by Gasteiger charge is -2.27. The van der Waals surface area contributed by atoms with Crippen LogP contribution in [0.1, 0.15) is 29.7 Å². The number of aryl methyl sites for hydroxylation is 1. The Hall–Kier alpha value is -3.03. The van der Waals surface area contributed by atoms with Crippen molar-refractivity contribution >= 4 is 33.2 Å². The van der Waals surface area contributed by atoms with E-state index in [1.54, 1.807) is 44.4 Å². The first-order valence-electron chi connectivity index (χ1n) is 10.4. The van der Waals surface area contributed by atoms with Crippen molar-refractivity contribution in [1.82, 2.24) is 5.32 Å². The molecule has 0 aromatic heterocycles. The molecule has 0 aliphatic rings. The summed E-state index contributed by atoms with van der Waals surface area (Å²) in [5.74, 6) is 0.184. The van der Waals surface area contributed by atoms with E-state index in [4.69, 9.17) is 16.3 Å². The number of halogens is 1. The summed E-state index contributed by atoms with van der Waals surface area (Å²) in [6, 6.07) is 18.5. The van der Waals surface area contributed by atoms with Crippen LogP contribution in [0.25, 0.3) is 0 Å². The largest absolute Gasteiger partial charge is 0.496 e. The van der Waals surface area contributed by atoms with Gasteiger partial charge < -0.3 is 10.1 Å². The monoisotopic (exact) mass is 486 g/mol. The predicted octanol–water partition coefficient (Wildman–Crippen LogP) is 5.04. The highest BCUT2D eigenvalue weighted by atomic mass is 35.5. The fourth-order valence-electron chi connectivity index (χ4n) is 3.52. The Morgan fingerprint density at radius 1 is 1.03 bits per heavy atom. The Labute approximate surface area is 200 Å². The van der Waals surface area contributed by atoms with Gasteiger partial charge in [0, 0.05) is 10.6 Å². The van der Waals surface area contributed by atoms with Gasteiger partial charge >= 0.3 is 0 Å². The lowest BCUT2D eigenvalue weighted by molar-refractivity contribution is -0.120. The topological polar surface area (TPSA) is 75.7 Å². The fourth-order valence-corrected chi connectivity index (χ4v) is 5.17. The first kappa shape index (κ1) is 24.6. The number of carbonyl (C=O) groups is 1. The van der Waals surface area contributed by atoms with E-state index in [0.717, 1.165) is 15.4 Å². The van der Waals surface area contributed by atoms with E-state index in [2.05, 4.69) is 5.32 Å². The number of rotatable bonds is 8. The molecule has 1 unspecified atom stereocenters. The number of nitrogens with one attached hydrogen (secondary N) is 1. The average Bonchev–Trinajstić information content (AvgIpc) is 2.79.